The van der Waals surface area contributed by atoms with E-state index in [2.05, 4.69) is 34.2 Å². The lowest BCUT2D eigenvalue weighted by Gasteiger charge is -2.15. The van der Waals surface area contributed by atoms with Gasteiger partial charge in [0.25, 0.3) is 0 Å². The van der Waals surface area contributed by atoms with Gasteiger partial charge in [-0.15, -0.1) is 0 Å². The van der Waals surface area contributed by atoms with E-state index in [1.807, 2.05) is 54.4 Å². The molecule has 166 valence electrons. The highest BCUT2D eigenvalue weighted by Crippen LogP contribution is 2.22. The summed E-state index contributed by atoms with van der Waals surface area (Å²) in [5.41, 5.74) is 3.23. The summed E-state index contributed by atoms with van der Waals surface area (Å²) >= 11 is 0. The molecule has 31 heavy (non-hydrogen) atoms. The molecule has 0 saturated heterocycles. The molecule has 0 aromatic carbocycles. The molecule has 0 amide bonds. The molecule has 3 aromatic heterocycles. The van der Waals surface area contributed by atoms with E-state index in [-0.39, 0.29) is 0 Å². The van der Waals surface area contributed by atoms with Gasteiger partial charge in [-0.1, -0.05) is 13.8 Å². The SMILES string of the molecule is CCC(CC)n1cc(-c2ccc[nH]ncc(-c3cnn(C[C@@H](O)CN(C)C)c3)n2)cn1. The number of H-pyrrole nitrogens is 1. The first-order valence-corrected chi connectivity index (χ1v) is 10.6. The van der Waals surface area contributed by atoms with Gasteiger partial charge < -0.3 is 10.0 Å². The van der Waals surface area contributed by atoms with Gasteiger partial charge in [-0.2, -0.15) is 15.3 Å². The Labute approximate surface area is 183 Å². The Morgan fingerprint density at radius 2 is 1.77 bits per heavy atom. The van der Waals surface area contributed by atoms with Gasteiger partial charge in [0.2, 0.25) is 0 Å². The molecule has 0 saturated carbocycles. The first-order chi connectivity index (χ1) is 15.0. The molecular weight excluding hydrogens is 392 g/mol. The van der Waals surface area contributed by atoms with Crippen molar-refractivity contribution in [1.82, 2.24) is 39.6 Å². The maximum Gasteiger partial charge on any atom is 0.0941 e. The Morgan fingerprint density at radius 1 is 1.03 bits per heavy atom. The molecule has 2 N–H and O–H groups in total. The number of aliphatic hydroxyl groups excluding tert-OH is 1. The van der Waals surface area contributed by atoms with E-state index < -0.39 is 6.10 Å². The van der Waals surface area contributed by atoms with Crippen LogP contribution in [0.15, 0.2) is 49.3 Å². The van der Waals surface area contributed by atoms with Gasteiger partial charge in [-0.05, 0) is 39.1 Å². The predicted octanol–water partition coefficient (Wildman–Crippen LogP) is 2.94. The van der Waals surface area contributed by atoms with Crippen molar-refractivity contribution in [1.29, 1.82) is 0 Å². The number of aliphatic hydroxyl groups is 1. The maximum atomic E-state index is 10.2. The number of rotatable bonds is 9. The molecule has 1 atom stereocenters. The molecule has 3 heterocycles. The van der Waals surface area contributed by atoms with Gasteiger partial charge >= 0.3 is 0 Å². The second kappa shape index (κ2) is 10.8. The quantitative estimate of drug-likeness (QED) is 0.548. The van der Waals surface area contributed by atoms with Crippen LogP contribution in [0.3, 0.4) is 0 Å². The average Bonchev–Trinajstić information content (AvgIpc) is 3.39. The highest BCUT2D eigenvalue weighted by atomic mass is 16.3. The van der Waals surface area contributed by atoms with Crippen molar-refractivity contribution >= 4 is 0 Å². The Balaban J connectivity index is 1.93. The van der Waals surface area contributed by atoms with Gasteiger partial charge in [0.1, 0.15) is 0 Å². The average molecular weight is 425 g/mol. The van der Waals surface area contributed by atoms with Crippen molar-refractivity contribution < 1.29 is 5.11 Å². The fourth-order valence-corrected chi connectivity index (χ4v) is 3.44. The zero-order chi connectivity index (χ0) is 22.2. The minimum absolute atomic E-state index is 0.375. The van der Waals surface area contributed by atoms with Crippen LogP contribution in [0.2, 0.25) is 0 Å². The fraction of sp³-hybridized carbons (Fsp3) is 0.455. The number of aromatic amines is 1. The Morgan fingerprint density at radius 3 is 2.52 bits per heavy atom. The molecule has 3 rings (SSSR count). The zero-order valence-electron chi connectivity index (χ0n) is 18.7. The van der Waals surface area contributed by atoms with Crippen LogP contribution < -0.4 is 0 Å². The molecule has 0 aliphatic rings. The summed E-state index contributed by atoms with van der Waals surface area (Å²) in [5, 5.41) is 26.2. The standard InChI is InChI=1S/C22H32N8O/c1-5-19(6-2)30-14-18(11-26-30)21-8-7-9-23-24-12-22(27-21)17-10-25-29(13-17)16-20(31)15-28(3)4/h7-14,19-20,23,31H,5-6,15-16H2,1-4H3/t20-/m0/s1. The second-order valence-corrected chi connectivity index (χ2v) is 7.84. The van der Waals surface area contributed by atoms with Gasteiger partial charge in [0, 0.05) is 36.3 Å². The fourth-order valence-electron chi connectivity index (χ4n) is 3.44. The minimum Gasteiger partial charge on any atom is -0.390 e. The molecule has 0 aliphatic carbocycles. The van der Waals surface area contributed by atoms with Crippen LogP contribution in [-0.4, -0.2) is 71.5 Å². The van der Waals surface area contributed by atoms with Gasteiger partial charge in [0.15, 0.2) is 0 Å². The summed E-state index contributed by atoms with van der Waals surface area (Å²) in [6, 6.07) is 4.18. The number of nitrogens with one attached hydrogen (secondary N) is 1. The third-order valence-electron chi connectivity index (χ3n) is 5.04. The van der Waals surface area contributed by atoms with Gasteiger partial charge in [0.05, 0.1) is 48.7 Å². The summed E-state index contributed by atoms with van der Waals surface area (Å²) < 4.78 is 3.74. The van der Waals surface area contributed by atoms with Crippen molar-refractivity contribution in [3.05, 3.63) is 49.3 Å². The van der Waals surface area contributed by atoms with Crippen molar-refractivity contribution in [2.45, 2.75) is 45.4 Å². The largest absolute Gasteiger partial charge is 0.390 e. The van der Waals surface area contributed by atoms with E-state index in [4.69, 9.17) is 4.98 Å². The number of aromatic nitrogens is 7. The third kappa shape index (κ3) is 6.22. The molecule has 9 heteroatoms. The smallest absolute Gasteiger partial charge is 0.0941 e. The first kappa shape index (κ1) is 22.6. The normalized spacial score (nSPS) is 12.4. The summed E-state index contributed by atoms with van der Waals surface area (Å²) in [7, 11) is 3.86. The van der Waals surface area contributed by atoms with Crippen molar-refractivity contribution in [3.63, 3.8) is 0 Å². The summed E-state index contributed by atoms with van der Waals surface area (Å²) in [6.07, 6.45) is 12.5. The lowest BCUT2D eigenvalue weighted by Crippen LogP contribution is -2.29. The van der Waals surface area contributed by atoms with Crippen LogP contribution in [0.1, 0.15) is 32.7 Å². The van der Waals surface area contributed by atoms with Crippen LogP contribution in [0, 0.1) is 0 Å². The Bertz CT molecular complexity index is 1000. The lowest BCUT2D eigenvalue weighted by atomic mass is 10.2. The van der Waals surface area contributed by atoms with E-state index in [0.717, 1.165) is 29.7 Å². The van der Waals surface area contributed by atoms with E-state index in [1.165, 1.54) is 0 Å². The van der Waals surface area contributed by atoms with Crippen LogP contribution >= 0.6 is 0 Å². The molecule has 0 fully saturated rings. The third-order valence-corrected chi connectivity index (χ3v) is 5.04. The molecule has 0 bridgehead atoms. The number of hydrogen-bond donors (Lipinski definition) is 2. The predicted molar refractivity (Wildman–Crippen MR) is 121 cm³/mol. The zero-order valence-corrected chi connectivity index (χ0v) is 18.7. The first-order valence-electron chi connectivity index (χ1n) is 10.6. The van der Waals surface area contributed by atoms with Crippen LogP contribution in [0.25, 0.3) is 22.5 Å². The highest BCUT2D eigenvalue weighted by molar-refractivity contribution is 5.62. The van der Waals surface area contributed by atoms with Crippen LogP contribution in [-0.2, 0) is 6.54 Å². The van der Waals surface area contributed by atoms with E-state index >= 15 is 0 Å². The van der Waals surface area contributed by atoms with Gasteiger partial charge in [-0.25, -0.2) is 4.98 Å². The molecule has 3 aromatic rings. The van der Waals surface area contributed by atoms with Crippen molar-refractivity contribution in [3.8, 4) is 22.5 Å². The number of hydrogen-bond acceptors (Lipinski definition) is 6. The topological polar surface area (TPSA) is 101 Å². The van der Waals surface area contributed by atoms with Crippen LogP contribution in [0.5, 0.6) is 0 Å². The van der Waals surface area contributed by atoms with E-state index in [9.17, 15) is 5.11 Å². The van der Waals surface area contributed by atoms with Gasteiger partial charge in [-0.3, -0.25) is 14.5 Å². The summed E-state index contributed by atoms with van der Waals surface area (Å²) in [5.74, 6) is 0. The van der Waals surface area contributed by atoms with E-state index in [1.54, 1.807) is 23.3 Å². The maximum absolute atomic E-state index is 10.2. The number of likely N-dealkylation sites (N-methyl/N-ethyl adjacent to an activating group) is 1. The monoisotopic (exact) mass is 424 g/mol. The highest BCUT2D eigenvalue weighted by Gasteiger charge is 2.12. The minimum atomic E-state index is -0.504. The van der Waals surface area contributed by atoms with E-state index in [0.29, 0.717) is 24.8 Å². The lowest BCUT2D eigenvalue weighted by molar-refractivity contribution is 0.116. The molecule has 0 spiro atoms. The van der Waals surface area contributed by atoms with Crippen molar-refractivity contribution in [2.75, 3.05) is 20.6 Å². The number of nitrogens with zero attached hydrogens (tertiary/aromatic N) is 7. The Kier molecular flexibility index (Phi) is 7.91. The second-order valence-electron chi connectivity index (χ2n) is 7.84. The molecule has 0 radical (unpaired) electrons. The Hall–Kier alpha value is -3.04. The summed E-state index contributed by atoms with van der Waals surface area (Å²) in [6.45, 7) is 5.32. The molecule has 9 nitrogen and oxygen atoms in total. The van der Waals surface area contributed by atoms with Crippen molar-refractivity contribution in [2.24, 2.45) is 0 Å². The van der Waals surface area contributed by atoms with Crippen LogP contribution in [0.4, 0.5) is 0 Å². The molecule has 0 aliphatic heterocycles. The summed E-state index contributed by atoms with van der Waals surface area (Å²) in [4.78, 5) is 6.81. The molecular formula is C22H32N8O. The molecule has 0 unspecified atom stereocenters.